The van der Waals surface area contributed by atoms with Gasteiger partial charge in [0.25, 0.3) is 0 Å². The van der Waals surface area contributed by atoms with Gasteiger partial charge >= 0.3 is 0 Å². The minimum absolute atomic E-state index is 0.150. The molecule has 0 bridgehead atoms. The van der Waals surface area contributed by atoms with Crippen LogP contribution in [0.3, 0.4) is 0 Å². The SMILES string of the molecule is N[C@H](COc1cncc(-c2ccc3cnccc3c2)n1)Cc1c[nH]c2ccccc12. The van der Waals surface area contributed by atoms with Crippen molar-refractivity contribution in [2.24, 2.45) is 5.73 Å². The van der Waals surface area contributed by atoms with Crippen LogP contribution in [0.1, 0.15) is 5.56 Å². The highest BCUT2D eigenvalue weighted by atomic mass is 16.5. The fourth-order valence-electron chi connectivity index (χ4n) is 3.63. The monoisotopic (exact) mass is 395 g/mol. The number of nitrogens with two attached hydrogens (primary N) is 1. The molecule has 6 nitrogen and oxygen atoms in total. The van der Waals surface area contributed by atoms with Gasteiger partial charge in [-0.2, -0.15) is 0 Å². The molecule has 3 aromatic heterocycles. The molecule has 0 aliphatic heterocycles. The second-order valence-corrected chi connectivity index (χ2v) is 7.31. The van der Waals surface area contributed by atoms with E-state index in [1.165, 1.54) is 10.9 Å². The van der Waals surface area contributed by atoms with E-state index in [0.717, 1.165) is 34.0 Å². The molecule has 0 unspecified atom stereocenters. The highest BCUT2D eigenvalue weighted by Gasteiger charge is 2.11. The lowest BCUT2D eigenvalue weighted by Gasteiger charge is -2.13. The lowest BCUT2D eigenvalue weighted by Crippen LogP contribution is -2.30. The van der Waals surface area contributed by atoms with Crippen molar-refractivity contribution >= 4 is 21.7 Å². The van der Waals surface area contributed by atoms with Crippen molar-refractivity contribution in [2.45, 2.75) is 12.5 Å². The van der Waals surface area contributed by atoms with Crippen LogP contribution in [-0.4, -0.2) is 32.6 Å². The van der Waals surface area contributed by atoms with Crippen molar-refractivity contribution in [1.82, 2.24) is 19.9 Å². The van der Waals surface area contributed by atoms with Gasteiger partial charge in [0.05, 0.1) is 18.1 Å². The summed E-state index contributed by atoms with van der Waals surface area (Å²) in [5.74, 6) is 0.469. The van der Waals surface area contributed by atoms with Crippen molar-refractivity contribution in [3.63, 3.8) is 0 Å². The Kier molecular flexibility index (Phi) is 4.83. The summed E-state index contributed by atoms with van der Waals surface area (Å²) in [7, 11) is 0. The third-order valence-corrected chi connectivity index (χ3v) is 5.15. The number of aromatic amines is 1. The minimum atomic E-state index is -0.150. The molecule has 0 saturated carbocycles. The van der Waals surface area contributed by atoms with Gasteiger partial charge in [-0.25, -0.2) is 4.98 Å². The van der Waals surface area contributed by atoms with E-state index in [4.69, 9.17) is 10.5 Å². The molecule has 1 atom stereocenters. The van der Waals surface area contributed by atoms with Crippen LogP contribution in [0.25, 0.3) is 32.9 Å². The molecule has 30 heavy (non-hydrogen) atoms. The van der Waals surface area contributed by atoms with Crippen LogP contribution in [0.4, 0.5) is 0 Å². The third-order valence-electron chi connectivity index (χ3n) is 5.15. The van der Waals surface area contributed by atoms with Gasteiger partial charge in [-0.15, -0.1) is 0 Å². The number of pyridine rings is 1. The van der Waals surface area contributed by atoms with E-state index >= 15 is 0 Å². The Morgan fingerprint density at radius 2 is 1.90 bits per heavy atom. The fraction of sp³-hybridized carbons (Fsp3) is 0.125. The average Bonchev–Trinajstić information content (AvgIpc) is 3.20. The van der Waals surface area contributed by atoms with Gasteiger partial charge < -0.3 is 15.5 Å². The molecule has 3 heterocycles. The Balaban J connectivity index is 1.28. The van der Waals surface area contributed by atoms with E-state index in [2.05, 4.69) is 38.1 Å². The summed E-state index contributed by atoms with van der Waals surface area (Å²) in [6.07, 6.45) is 9.72. The molecule has 0 saturated heterocycles. The molecule has 0 aliphatic rings. The zero-order valence-electron chi connectivity index (χ0n) is 16.3. The quantitative estimate of drug-likeness (QED) is 0.451. The number of fused-ring (bicyclic) bond motifs is 2. The number of benzene rings is 2. The Hall–Kier alpha value is -3.77. The molecular weight excluding hydrogens is 374 g/mol. The van der Waals surface area contributed by atoms with E-state index in [0.29, 0.717) is 12.5 Å². The lowest BCUT2D eigenvalue weighted by atomic mass is 10.1. The number of aromatic nitrogens is 4. The standard InChI is InChI=1S/C24H21N5O/c25-20(10-19-12-28-22-4-2-1-3-21(19)22)15-30-24-14-27-13-23(29-24)17-5-6-18-11-26-8-7-16(18)9-17/h1-9,11-14,20,28H,10,15,25H2/t20-/m0/s1. The molecular formula is C24H21N5O. The molecule has 5 rings (SSSR count). The van der Waals surface area contributed by atoms with Crippen LogP contribution < -0.4 is 10.5 Å². The zero-order chi connectivity index (χ0) is 20.3. The summed E-state index contributed by atoms with van der Waals surface area (Å²) in [4.78, 5) is 16.3. The number of nitrogens with one attached hydrogen (secondary N) is 1. The lowest BCUT2D eigenvalue weighted by molar-refractivity contribution is 0.276. The largest absolute Gasteiger partial charge is 0.475 e. The van der Waals surface area contributed by atoms with Crippen LogP contribution >= 0.6 is 0 Å². The highest BCUT2D eigenvalue weighted by molar-refractivity contribution is 5.86. The van der Waals surface area contributed by atoms with Crippen LogP contribution in [0.5, 0.6) is 5.88 Å². The highest BCUT2D eigenvalue weighted by Crippen LogP contribution is 2.23. The molecule has 0 fully saturated rings. The smallest absolute Gasteiger partial charge is 0.232 e. The summed E-state index contributed by atoms with van der Waals surface area (Å²) >= 11 is 0. The van der Waals surface area contributed by atoms with Crippen molar-refractivity contribution in [3.05, 3.63) is 85.1 Å². The van der Waals surface area contributed by atoms with E-state index in [9.17, 15) is 0 Å². The van der Waals surface area contributed by atoms with Crippen LogP contribution in [0, 0.1) is 0 Å². The molecule has 6 heteroatoms. The van der Waals surface area contributed by atoms with Gasteiger partial charge in [0, 0.05) is 46.5 Å². The van der Waals surface area contributed by atoms with Crippen molar-refractivity contribution in [2.75, 3.05) is 6.61 Å². The first kappa shape index (κ1) is 18.3. The van der Waals surface area contributed by atoms with Gasteiger partial charge in [-0.05, 0) is 35.6 Å². The third kappa shape index (κ3) is 3.73. The number of rotatable bonds is 6. The van der Waals surface area contributed by atoms with E-state index in [-0.39, 0.29) is 6.04 Å². The summed E-state index contributed by atoms with van der Waals surface area (Å²) < 4.78 is 5.86. The number of ether oxygens (including phenoxy) is 1. The van der Waals surface area contributed by atoms with Gasteiger partial charge in [0.1, 0.15) is 6.61 Å². The first-order chi connectivity index (χ1) is 14.8. The van der Waals surface area contributed by atoms with Gasteiger partial charge in [-0.1, -0.05) is 30.3 Å². The second-order valence-electron chi connectivity index (χ2n) is 7.31. The molecule has 0 radical (unpaired) electrons. The predicted molar refractivity (Wildman–Crippen MR) is 118 cm³/mol. The summed E-state index contributed by atoms with van der Waals surface area (Å²) in [6, 6.07) is 16.2. The topological polar surface area (TPSA) is 89.7 Å². The molecule has 148 valence electrons. The molecule has 0 amide bonds. The number of para-hydroxylation sites is 1. The summed E-state index contributed by atoms with van der Waals surface area (Å²) in [5, 5.41) is 3.39. The first-order valence-electron chi connectivity index (χ1n) is 9.86. The van der Waals surface area contributed by atoms with Crippen molar-refractivity contribution in [1.29, 1.82) is 0 Å². The molecule has 0 spiro atoms. The molecule has 5 aromatic rings. The Morgan fingerprint density at radius 3 is 2.87 bits per heavy atom. The zero-order valence-corrected chi connectivity index (χ0v) is 16.3. The van der Waals surface area contributed by atoms with Crippen LogP contribution in [0.2, 0.25) is 0 Å². The number of nitrogens with zero attached hydrogens (tertiary/aromatic N) is 3. The number of hydrogen-bond acceptors (Lipinski definition) is 5. The van der Waals surface area contributed by atoms with Gasteiger partial charge in [0.15, 0.2) is 0 Å². The first-order valence-corrected chi connectivity index (χ1v) is 9.86. The Bertz CT molecular complexity index is 1310. The van der Waals surface area contributed by atoms with Crippen LogP contribution in [-0.2, 0) is 6.42 Å². The van der Waals surface area contributed by atoms with Crippen LogP contribution in [0.15, 0.2) is 79.5 Å². The maximum absolute atomic E-state index is 6.32. The van der Waals surface area contributed by atoms with Gasteiger partial charge in [0.2, 0.25) is 5.88 Å². The molecule has 3 N–H and O–H groups in total. The van der Waals surface area contributed by atoms with E-state index in [1.807, 2.05) is 42.7 Å². The molecule has 2 aromatic carbocycles. The Labute approximate surface area is 173 Å². The Morgan fingerprint density at radius 1 is 0.967 bits per heavy atom. The number of hydrogen-bond donors (Lipinski definition) is 2. The molecule has 0 aliphatic carbocycles. The van der Waals surface area contributed by atoms with Gasteiger partial charge in [-0.3, -0.25) is 9.97 Å². The van der Waals surface area contributed by atoms with Crippen molar-refractivity contribution < 1.29 is 4.74 Å². The fourth-order valence-corrected chi connectivity index (χ4v) is 3.63. The number of H-pyrrole nitrogens is 1. The maximum Gasteiger partial charge on any atom is 0.232 e. The minimum Gasteiger partial charge on any atom is -0.475 e. The predicted octanol–water partition coefficient (Wildman–Crippen LogP) is 4.12. The van der Waals surface area contributed by atoms with E-state index in [1.54, 1.807) is 18.6 Å². The second kappa shape index (κ2) is 7.93. The van der Waals surface area contributed by atoms with E-state index < -0.39 is 0 Å². The maximum atomic E-state index is 6.32. The average molecular weight is 395 g/mol. The van der Waals surface area contributed by atoms with Crippen molar-refractivity contribution in [3.8, 4) is 17.1 Å². The summed E-state index contributed by atoms with van der Waals surface area (Å²) in [6.45, 7) is 0.362. The normalized spacial score (nSPS) is 12.3. The summed E-state index contributed by atoms with van der Waals surface area (Å²) in [5.41, 5.74) is 10.4.